The van der Waals surface area contributed by atoms with Gasteiger partial charge in [0, 0.05) is 6.04 Å². The van der Waals surface area contributed by atoms with Crippen LogP contribution in [-0.4, -0.2) is 21.1 Å². The number of fused-ring (bicyclic) bond motifs is 1. The van der Waals surface area contributed by atoms with E-state index in [9.17, 15) is 8.78 Å². The van der Waals surface area contributed by atoms with Gasteiger partial charge in [-0.25, -0.2) is 8.78 Å². The first-order valence-electron chi connectivity index (χ1n) is 5.84. The van der Waals surface area contributed by atoms with Crippen molar-refractivity contribution >= 4 is 35.0 Å². The first kappa shape index (κ1) is 12.2. The molecule has 0 spiro atoms. The second-order valence-corrected chi connectivity index (χ2v) is 6.01. The molecule has 1 N–H and O–H groups in total. The maximum Gasteiger partial charge on any atom is 0.184 e. The van der Waals surface area contributed by atoms with E-state index in [-0.39, 0.29) is 11.6 Å². The van der Waals surface area contributed by atoms with Crippen LogP contribution < -0.4 is 0 Å². The summed E-state index contributed by atoms with van der Waals surface area (Å²) in [5, 5.41) is 0. The third kappa shape index (κ3) is 1.87. The highest BCUT2D eigenvalue weighted by atomic mass is 32.2. The van der Waals surface area contributed by atoms with Gasteiger partial charge in [-0.1, -0.05) is 0 Å². The van der Waals surface area contributed by atoms with Crippen molar-refractivity contribution in [1.82, 2.24) is 9.55 Å². The molecule has 0 aliphatic carbocycles. The van der Waals surface area contributed by atoms with Crippen LogP contribution >= 0.6 is 24.0 Å². The number of nitrogens with one attached hydrogen (secondary N) is 1. The second kappa shape index (κ2) is 4.66. The second-order valence-electron chi connectivity index (χ2n) is 4.40. The fraction of sp³-hybridized carbons (Fsp3) is 0.417. The number of hydrogen-bond acceptors (Lipinski definition) is 2. The minimum atomic E-state index is -0.824. The number of aromatic amines is 1. The predicted molar refractivity (Wildman–Crippen MR) is 72.6 cm³/mol. The Morgan fingerprint density at radius 3 is 2.72 bits per heavy atom. The summed E-state index contributed by atoms with van der Waals surface area (Å²) in [6, 6.07) is 2.84. The number of H-pyrrole nitrogens is 1. The molecule has 2 heterocycles. The molecule has 3 rings (SSSR count). The summed E-state index contributed by atoms with van der Waals surface area (Å²) in [5.41, 5.74) is 0.842. The molecule has 96 valence electrons. The van der Waals surface area contributed by atoms with E-state index in [1.54, 1.807) is 4.57 Å². The van der Waals surface area contributed by atoms with Crippen molar-refractivity contribution in [2.75, 3.05) is 11.5 Å². The van der Waals surface area contributed by atoms with E-state index in [0.717, 1.165) is 30.4 Å². The lowest BCUT2D eigenvalue weighted by molar-refractivity contribution is 0.461. The smallest absolute Gasteiger partial charge is 0.184 e. The van der Waals surface area contributed by atoms with Gasteiger partial charge in [0.05, 0.1) is 5.52 Å². The number of rotatable bonds is 1. The molecular weight excluding hydrogens is 274 g/mol. The molecule has 18 heavy (non-hydrogen) atoms. The SMILES string of the molecule is Fc1ccc2[nH]c(=S)n(C3CCSCC3)c2c1F. The predicted octanol–water partition coefficient (Wildman–Crippen LogP) is 4.05. The summed E-state index contributed by atoms with van der Waals surface area (Å²) in [6.45, 7) is 0. The molecule has 2 aromatic rings. The van der Waals surface area contributed by atoms with Crippen LogP contribution in [0.2, 0.25) is 0 Å². The topological polar surface area (TPSA) is 20.7 Å². The van der Waals surface area contributed by atoms with Crippen LogP contribution in [0.5, 0.6) is 0 Å². The molecule has 0 saturated carbocycles. The van der Waals surface area contributed by atoms with Crippen LogP contribution in [-0.2, 0) is 0 Å². The zero-order valence-electron chi connectivity index (χ0n) is 9.58. The van der Waals surface area contributed by atoms with Crippen LogP contribution in [0.25, 0.3) is 11.0 Å². The van der Waals surface area contributed by atoms with Crippen LogP contribution in [0, 0.1) is 16.4 Å². The van der Waals surface area contributed by atoms with Gasteiger partial charge in [-0.2, -0.15) is 11.8 Å². The van der Waals surface area contributed by atoms with Gasteiger partial charge >= 0.3 is 0 Å². The van der Waals surface area contributed by atoms with Crippen molar-refractivity contribution in [1.29, 1.82) is 0 Å². The zero-order valence-corrected chi connectivity index (χ0v) is 11.2. The van der Waals surface area contributed by atoms with E-state index in [1.807, 2.05) is 11.8 Å². The molecule has 1 aliphatic heterocycles. The normalized spacial score (nSPS) is 17.4. The number of thioether (sulfide) groups is 1. The molecule has 1 aromatic heterocycles. The summed E-state index contributed by atoms with van der Waals surface area (Å²) >= 11 is 7.14. The molecule has 0 bridgehead atoms. The Balaban J connectivity index is 2.23. The fourth-order valence-corrected chi connectivity index (χ4v) is 3.88. The van der Waals surface area contributed by atoms with Gasteiger partial charge < -0.3 is 9.55 Å². The average molecular weight is 286 g/mol. The van der Waals surface area contributed by atoms with Gasteiger partial charge in [-0.3, -0.25) is 0 Å². The Kier molecular flexibility index (Phi) is 3.15. The number of benzene rings is 1. The Morgan fingerprint density at radius 1 is 1.28 bits per heavy atom. The monoisotopic (exact) mass is 286 g/mol. The third-order valence-electron chi connectivity index (χ3n) is 3.33. The van der Waals surface area contributed by atoms with Gasteiger partial charge in [0.25, 0.3) is 0 Å². The van der Waals surface area contributed by atoms with E-state index >= 15 is 0 Å². The standard InChI is InChI=1S/C12H12F2N2S2/c13-8-1-2-9-11(10(8)14)16(12(17)15-9)7-3-5-18-6-4-7/h1-2,7H,3-6H2,(H,15,17). The number of aromatic nitrogens is 2. The van der Waals surface area contributed by atoms with Crippen molar-refractivity contribution in [3.8, 4) is 0 Å². The lowest BCUT2D eigenvalue weighted by atomic mass is 10.1. The largest absolute Gasteiger partial charge is 0.330 e. The first-order chi connectivity index (χ1) is 8.68. The van der Waals surface area contributed by atoms with Gasteiger partial charge in [0.2, 0.25) is 0 Å². The summed E-state index contributed by atoms with van der Waals surface area (Å²) in [5.74, 6) is 0.444. The Morgan fingerprint density at radius 2 is 2.00 bits per heavy atom. The fourth-order valence-electron chi connectivity index (χ4n) is 2.45. The van der Waals surface area contributed by atoms with Gasteiger partial charge in [0.1, 0.15) is 5.52 Å². The van der Waals surface area contributed by atoms with Crippen molar-refractivity contribution in [2.45, 2.75) is 18.9 Å². The molecule has 0 radical (unpaired) electrons. The van der Waals surface area contributed by atoms with Crippen molar-refractivity contribution in [2.24, 2.45) is 0 Å². The Hall–Kier alpha value is -0.880. The number of nitrogens with zero attached hydrogens (tertiary/aromatic N) is 1. The average Bonchev–Trinajstić information content (AvgIpc) is 2.72. The minimum absolute atomic E-state index is 0.170. The van der Waals surface area contributed by atoms with E-state index in [1.165, 1.54) is 6.07 Å². The van der Waals surface area contributed by atoms with Crippen LogP contribution in [0.1, 0.15) is 18.9 Å². The molecule has 1 aromatic carbocycles. The number of imidazole rings is 1. The van der Waals surface area contributed by atoms with E-state index < -0.39 is 11.6 Å². The maximum absolute atomic E-state index is 14.0. The summed E-state index contributed by atoms with van der Waals surface area (Å²) in [7, 11) is 0. The summed E-state index contributed by atoms with van der Waals surface area (Å²) < 4.78 is 29.6. The summed E-state index contributed by atoms with van der Waals surface area (Å²) in [4.78, 5) is 2.96. The third-order valence-corrected chi connectivity index (χ3v) is 4.67. The summed E-state index contributed by atoms with van der Waals surface area (Å²) in [6.07, 6.45) is 1.89. The maximum atomic E-state index is 14.0. The van der Waals surface area contributed by atoms with Crippen LogP contribution in [0.3, 0.4) is 0 Å². The lowest BCUT2D eigenvalue weighted by Gasteiger charge is -2.23. The molecule has 1 aliphatic rings. The van der Waals surface area contributed by atoms with Crippen molar-refractivity contribution in [3.63, 3.8) is 0 Å². The van der Waals surface area contributed by atoms with Gasteiger partial charge in [-0.15, -0.1) is 0 Å². The zero-order chi connectivity index (χ0) is 12.7. The molecule has 0 amide bonds. The molecule has 1 saturated heterocycles. The van der Waals surface area contributed by atoms with E-state index in [2.05, 4.69) is 4.98 Å². The lowest BCUT2D eigenvalue weighted by Crippen LogP contribution is -2.15. The molecule has 1 fully saturated rings. The molecular formula is C12H12F2N2S2. The highest BCUT2D eigenvalue weighted by Gasteiger charge is 2.21. The van der Waals surface area contributed by atoms with E-state index in [0.29, 0.717) is 10.3 Å². The highest BCUT2D eigenvalue weighted by molar-refractivity contribution is 7.99. The van der Waals surface area contributed by atoms with Crippen LogP contribution in [0.15, 0.2) is 12.1 Å². The van der Waals surface area contributed by atoms with E-state index in [4.69, 9.17) is 12.2 Å². The number of hydrogen-bond donors (Lipinski definition) is 1. The van der Waals surface area contributed by atoms with Crippen molar-refractivity contribution < 1.29 is 8.78 Å². The van der Waals surface area contributed by atoms with Crippen LogP contribution in [0.4, 0.5) is 8.78 Å². The highest BCUT2D eigenvalue weighted by Crippen LogP contribution is 2.31. The molecule has 0 unspecified atom stereocenters. The van der Waals surface area contributed by atoms with Gasteiger partial charge in [-0.05, 0) is 48.7 Å². The minimum Gasteiger partial charge on any atom is -0.330 e. The van der Waals surface area contributed by atoms with Crippen molar-refractivity contribution in [3.05, 3.63) is 28.5 Å². The Bertz CT molecular complexity index is 641. The number of halogens is 2. The first-order valence-corrected chi connectivity index (χ1v) is 7.40. The van der Waals surface area contributed by atoms with Gasteiger partial charge in [0.15, 0.2) is 16.4 Å². The molecule has 0 atom stereocenters. The molecule has 2 nitrogen and oxygen atoms in total. The quantitative estimate of drug-likeness (QED) is 0.798. The Labute approximate surface area is 112 Å². The molecule has 6 heteroatoms.